The summed E-state index contributed by atoms with van der Waals surface area (Å²) < 4.78 is 18.6. The van der Waals surface area contributed by atoms with E-state index in [-0.39, 0.29) is 5.82 Å². The molecule has 3 rings (SSSR count). The van der Waals surface area contributed by atoms with Gasteiger partial charge in [0.25, 0.3) is 0 Å². The van der Waals surface area contributed by atoms with Crippen molar-refractivity contribution in [1.29, 1.82) is 0 Å². The van der Waals surface area contributed by atoms with Gasteiger partial charge in [0.1, 0.15) is 11.6 Å². The number of ether oxygens (including phenoxy) is 1. The smallest absolute Gasteiger partial charge is 0.123 e. The molecule has 0 atom stereocenters. The molecule has 0 aromatic heterocycles. The van der Waals surface area contributed by atoms with Gasteiger partial charge in [0.2, 0.25) is 0 Å². The Balaban J connectivity index is 1.54. The zero-order valence-electron chi connectivity index (χ0n) is 13.5. The van der Waals surface area contributed by atoms with Crippen LogP contribution in [0.1, 0.15) is 23.1 Å². The van der Waals surface area contributed by atoms with Crippen molar-refractivity contribution in [3.05, 3.63) is 71.0 Å². The number of halogens is 1. The zero-order valence-corrected chi connectivity index (χ0v) is 13.5. The third kappa shape index (κ3) is 4.42. The predicted molar refractivity (Wildman–Crippen MR) is 92.0 cm³/mol. The van der Waals surface area contributed by atoms with Gasteiger partial charge in [-0.1, -0.05) is 36.4 Å². The van der Waals surface area contributed by atoms with E-state index >= 15 is 0 Å². The first-order chi connectivity index (χ1) is 11.2. The Bertz CT molecular complexity index is 679. The molecule has 2 aromatic rings. The van der Waals surface area contributed by atoms with Crippen LogP contribution in [0.5, 0.6) is 5.75 Å². The molecule has 0 N–H and O–H groups in total. The lowest BCUT2D eigenvalue weighted by Gasteiger charge is -2.20. The molecule has 0 bridgehead atoms. The van der Waals surface area contributed by atoms with Crippen LogP contribution in [0.25, 0.3) is 6.08 Å². The minimum absolute atomic E-state index is 0.200. The molecular formula is C20H22FNO. The van der Waals surface area contributed by atoms with Crippen LogP contribution in [-0.2, 0) is 13.0 Å². The molecule has 120 valence electrons. The van der Waals surface area contributed by atoms with Gasteiger partial charge < -0.3 is 4.74 Å². The maximum absolute atomic E-state index is 12.9. The van der Waals surface area contributed by atoms with Crippen LogP contribution in [0.2, 0.25) is 0 Å². The topological polar surface area (TPSA) is 12.5 Å². The molecule has 0 spiro atoms. The van der Waals surface area contributed by atoms with Gasteiger partial charge >= 0.3 is 0 Å². The van der Waals surface area contributed by atoms with Crippen molar-refractivity contribution in [1.82, 2.24) is 4.90 Å². The summed E-state index contributed by atoms with van der Waals surface area (Å²) >= 11 is 0. The molecule has 0 unspecified atom stereocenters. The first-order valence-electron chi connectivity index (χ1n) is 8.06. The molecule has 1 heterocycles. The largest absolute Gasteiger partial charge is 0.493 e. The molecular weight excluding hydrogens is 289 g/mol. The van der Waals surface area contributed by atoms with Gasteiger partial charge in [-0.3, -0.25) is 4.90 Å². The van der Waals surface area contributed by atoms with Crippen LogP contribution in [0, 0.1) is 5.82 Å². The lowest BCUT2D eigenvalue weighted by molar-refractivity contribution is 0.287. The van der Waals surface area contributed by atoms with E-state index < -0.39 is 0 Å². The monoisotopic (exact) mass is 311 g/mol. The number of benzene rings is 2. The van der Waals surface area contributed by atoms with Crippen LogP contribution in [0.4, 0.5) is 4.39 Å². The molecule has 0 saturated carbocycles. The Morgan fingerprint density at radius 2 is 2.00 bits per heavy atom. The SMILES string of the molecule is CN(CC=Cc1ccc(F)cc1)Cc1ccc2c(c1)OCCC2. The summed E-state index contributed by atoms with van der Waals surface area (Å²) in [5.41, 5.74) is 3.60. The number of fused-ring (bicyclic) bond motifs is 1. The summed E-state index contributed by atoms with van der Waals surface area (Å²) in [7, 11) is 2.09. The number of hydrogen-bond acceptors (Lipinski definition) is 2. The van der Waals surface area contributed by atoms with Crippen molar-refractivity contribution >= 4 is 6.08 Å². The second-order valence-electron chi connectivity index (χ2n) is 6.04. The summed E-state index contributed by atoms with van der Waals surface area (Å²) in [5.74, 6) is 0.845. The number of rotatable bonds is 5. The molecule has 0 saturated heterocycles. The van der Waals surface area contributed by atoms with Crippen molar-refractivity contribution in [2.75, 3.05) is 20.2 Å². The highest BCUT2D eigenvalue weighted by Crippen LogP contribution is 2.26. The van der Waals surface area contributed by atoms with Crippen LogP contribution in [0.3, 0.4) is 0 Å². The fraction of sp³-hybridized carbons (Fsp3) is 0.300. The zero-order chi connectivity index (χ0) is 16.1. The summed E-state index contributed by atoms with van der Waals surface area (Å²) in [5, 5.41) is 0. The van der Waals surface area contributed by atoms with Crippen molar-refractivity contribution in [3.63, 3.8) is 0 Å². The van der Waals surface area contributed by atoms with Crippen LogP contribution in [0.15, 0.2) is 48.5 Å². The summed E-state index contributed by atoms with van der Waals surface area (Å²) in [6.45, 7) is 2.55. The fourth-order valence-electron chi connectivity index (χ4n) is 2.80. The molecule has 23 heavy (non-hydrogen) atoms. The maximum Gasteiger partial charge on any atom is 0.123 e. The van der Waals surface area contributed by atoms with Gasteiger partial charge in [-0.05, 0) is 54.8 Å². The van der Waals surface area contributed by atoms with Gasteiger partial charge in [-0.25, -0.2) is 4.39 Å². The molecule has 0 radical (unpaired) electrons. The van der Waals surface area contributed by atoms with E-state index in [4.69, 9.17) is 4.74 Å². The second-order valence-corrected chi connectivity index (χ2v) is 6.04. The molecule has 2 aromatic carbocycles. The Morgan fingerprint density at radius 1 is 1.17 bits per heavy atom. The van der Waals surface area contributed by atoms with E-state index in [9.17, 15) is 4.39 Å². The van der Waals surface area contributed by atoms with Gasteiger partial charge in [-0.15, -0.1) is 0 Å². The van der Waals surface area contributed by atoms with Crippen LogP contribution >= 0.6 is 0 Å². The lowest BCUT2D eigenvalue weighted by atomic mass is 10.0. The Labute approximate surface area is 137 Å². The van der Waals surface area contributed by atoms with Crippen LogP contribution in [-0.4, -0.2) is 25.1 Å². The van der Waals surface area contributed by atoms with E-state index in [1.165, 1.54) is 23.3 Å². The van der Waals surface area contributed by atoms with E-state index in [0.29, 0.717) is 0 Å². The third-order valence-corrected chi connectivity index (χ3v) is 4.03. The average molecular weight is 311 g/mol. The highest BCUT2D eigenvalue weighted by Gasteiger charge is 2.10. The summed E-state index contributed by atoms with van der Waals surface area (Å²) in [4.78, 5) is 2.24. The summed E-state index contributed by atoms with van der Waals surface area (Å²) in [6.07, 6.45) is 6.35. The first-order valence-corrected chi connectivity index (χ1v) is 8.06. The van der Waals surface area contributed by atoms with Crippen molar-refractivity contribution in [2.24, 2.45) is 0 Å². The van der Waals surface area contributed by atoms with Gasteiger partial charge in [0.05, 0.1) is 6.61 Å². The quantitative estimate of drug-likeness (QED) is 0.816. The average Bonchev–Trinajstić information content (AvgIpc) is 2.56. The van der Waals surface area contributed by atoms with Gasteiger partial charge in [-0.2, -0.15) is 0 Å². The van der Waals surface area contributed by atoms with Gasteiger partial charge in [0.15, 0.2) is 0 Å². The van der Waals surface area contributed by atoms with E-state index in [0.717, 1.165) is 43.9 Å². The minimum atomic E-state index is -0.200. The van der Waals surface area contributed by atoms with E-state index in [1.807, 2.05) is 6.08 Å². The number of aryl methyl sites for hydroxylation is 1. The van der Waals surface area contributed by atoms with Crippen molar-refractivity contribution in [3.8, 4) is 5.75 Å². The third-order valence-electron chi connectivity index (χ3n) is 4.03. The van der Waals surface area contributed by atoms with Crippen molar-refractivity contribution in [2.45, 2.75) is 19.4 Å². The molecule has 1 aliphatic heterocycles. The first kappa shape index (κ1) is 15.8. The lowest BCUT2D eigenvalue weighted by Crippen LogP contribution is -2.18. The Morgan fingerprint density at radius 3 is 2.83 bits per heavy atom. The maximum atomic E-state index is 12.9. The fourth-order valence-corrected chi connectivity index (χ4v) is 2.80. The Hall–Kier alpha value is -2.13. The number of likely N-dealkylation sites (N-methyl/N-ethyl adjacent to an activating group) is 1. The molecule has 1 aliphatic rings. The molecule has 0 fully saturated rings. The highest BCUT2D eigenvalue weighted by molar-refractivity contribution is 5.49. The van der Waals surface area contributed by atoms with Crippen molar-refractivity contribution < 1.29 is 9.13 Å². The molecule has 2 nitrogen and oxygen atoms in total. The normalized spacial score (nSPS) is 14.0. The molecule has 3 heteroatoms. The Kier molecular flexibility index (Phi) is 5.09. The van der Waals surface area contributed by atoms with Gasteiger partial charge in [0, 0.05) is 13.1 Å². The number of hydrogen-bond donors (Lipinski definition) is 0. The second kappa shape index (κ2) is 7.42. The standard InChI is InChI=1S/C20H22FNO/c1-22(12-2-4-16-7-10-19(21)11-8-16)15-17-6-9-18-5-3-13-23-20(18)14-17/h2,4,6-11,14H,3,5,12-13,15H2,1H3. The van der Waals surface area contributed by atoms with E-state index in [1.54, 1.807) is 12.1 Å². The number of nitrogens with zero attached hydrogens (tertiary/aromatic N) is 1. The molecule has 0 aliphatic carbocycles. The van der Waals surface area contributed by atoms with Crippen LogP contribution < -0.4 is 4.74 Å². The highest BCUT2D eigenvalue weighted by atomic mass is 19.1. The van der Waals surface area contributed by atoms with E-state index in [2.05, 4.69) is 36.2 Å². The predicted octanol–water partition coefficient (Wildman–Crippen LogP) is 4.30. The minimum Gasteiger partial charge on any atom is -0.493 e. The summed E-state index contributed by atoms with van der Waals surface area (Å²) in [6, 6.07) is 13.1. The molecule has 0 amide bonds.